The van der Waals surface area contributed by atoms with E-state index in [9.17, 15) is 9.59 Å². The van der Waals surface area contributed by atoms with Gasteiger partial charge in [-0.25, -0.2) is 4.98 Å². The SMILES string of the molecule is O=C(Cn1c2ccccc2c2ncn(Cc3nc(C4CC4)no3)c(=O)c21)NC1CCCC1. The van der Waals surface area contributed by atoms with Gasteiger partial charge in [-0.1, -0.05) is 36.2 Å². The van der Waals surface area contributed by atoms with Gasteiger partial charge < -0.3 is 14.4 Å². The van der Waals surface area contributed by atoms with Crippen LogP contribution in [0.2, 0.25) is 0 Å². The summed E-state index contributed by atoms with van der Waals surface area (Å²) in [7, 11) is 0. The second-order valence-electron chi connectivity index (χ2n) is 8.85. The lowest BCUT2D eigenvalue weighted by Crippen LogP contribution is -2.35. The molecule has 6 rings (SSSR count). The number of aromatic nitrogens is 5. The Kier molecular flexibility index (Phi) is 4.55. The van der Waals surface area contributed by atoms with Crippen molar-refractivity contribution in [3.8, 4) is 0 Å². The van der Waals surface area contributed by atoms with E-state index >= 15 is 0 Å². The van der Waals surface area contributed by atoms with Crippen LogP contribution in [0.4, 0.5) is 0 Å². The number of benzene rings is 1. The predicted octanol–water partition coefficient (Wildman–Crippen LogP) is 2.72. The summed E-state index contributed by atoms with van der Waals surface area (Å²) in [6.07, 6.45) is 7.99. The minimum absolute atomic E-state index is 0.0772. The fourth-order valence-electron chi connectivity index (χ4n) is 4.70. The smallest absolute Gasteiger partial charge is 0.278 e. The first kappa shape index (κ1) is 19.2. The van der Waals surface area contributed by atoms with Gasteiger partial charge in [0.2, 0.25) is 11.8 Å². The Morgan fingerprint density at radius 1 is 1.16 bits per heavy atom. The molecule has 4 aromatic rings. The number of carbonyl (C=O) groups is 1. The van der Waals surface area contributed by atoms with Crippen LogP contribution in [-0.2, 0) is 17.9 Å². The Hall–Kier alpha value is -3.49. The molecule has 3 aromatic heterocycles. The van der Waals surface area contributed by atoms with Crippen LogP contribution in [0.25, 0.3) is 21.9 Å². The number of amides is 1. The highest BCUT2D eigenvalue weighted by Gasteiger charge is 2.29. The van der Waals surface area contributed by atoms with E-state index in [4.69, 9.17) is 4.52 Å². The third kappa shape index (κ3) is 3.37. The molecule has 9 heteroatoms. The highest BCUT2D eigenvalue weighted by molar-refractivity contribution is 6.06. The summed E-state index contributed by atoms with van der Waals surface area (Å²) in [6.45, 7) is 0.227. The lowest BCUT2D eigenvalue weighted by Gasteiger charge is -2.13. The first-order chi connectivity index (χ1) is 15.7. The van der Waals surface area contributed by atoms with E-state index in [1.807, 2.05) is 24.3 Å². The summed E-state index contributed by atoms with van der Waals surface area (Å²) in [5, 5.41) is 8.00. The number of nitrogens with zero attached hydrogens (tertiary/aromatic N) is 5. The van der Waals surface area contributed by atoms with E-state index < -0.39 is 0 Å². The maximum absolute atomic E-state index is 13.5. The monoisotopic (exact) mass is 432 g/mol. The van der Waals surface area contributed by atoms with Gasteiger partial charge in [0, 0.05) is 17.3 Å². The van der Waals surface area contributed by atoms with Crippen LogP contribution in [-0.4, -0.2) is 36.2 Å². The number of hydrogen-bond donors (Lipinski definition) is 1. The fraction of sp³-hybridized carbons (Fsp3) is 0.435. The standard InChI is InChI=1S/C23H24N6O3/c30-18(25-15-5-1-2-6-15)11-29-17-8-4-3-7-16(17)20-21(29)23(31)28(13-24-20)12-19-26-22(27-32-19)14-9-10-14/h3-4,7-8,13-15H,1-2,5-6,9-12H2,(H,25,30). The summed E-state index contributed by atoms with van der Waals surface area (Å²) in [6, 6.07) is 7.89. The van der Waals surface area contributed by atoms with Gasteiger partial charge >= 0.3 is 0 Å². The van der Waals surface area contributed by atoms with Crippen molar-refractivity contribution in [2.75, 3.05) is 0 Å². The molecule has 2 aliphatic carbocycles. The molecule has 2 saturated carbocycles. The summed E-state index contributed by atoms with van der Waals surface area (Å²) in [5.41, 5.74) is 1.60. The maximum atomic E-state index is 13.5. The van der Waals surface area contributed by atoms with Gasteiger partial charge in [-0.15, -0.1) is 0 Å². The zero-order valence-electron chi connectivity index (χ0n) is 17.7. The Bertz CT molecular complexity index is 1370. The Labute approximate surface area is 183 Å². The third-order valence-electron chi connectivity index (χ3n) is 6.49. The summed E-state index contributed by atoms with van der Waals surface area (Å²) in [4.78, 5) is 35.3. The average Bonchev–Trinajstić information content (AvgIpc) is 3.18. The summed E-state index contributed by atoms with van der Waals surface area (Å²) in [5.74, 6) is 1.39. The number of rotatable bonds is 6. The summed E-state index contributed by atoms with van der Waals surface area (Å²) >= 11 is 0. The Morgan fingerprint density at radius 3 is 2.78 bits per heavy atom. The molecule has 9 nitrogen and oxygen atoms in total. The second-order valence-corrected chi connectivity index (χ2v) is 8.85. The molecule has 0 radical (unpaired) electrons. The van der Waals surface area contributed by atoms with Crippen molar-refractivity contribution in [1.82, 2.24) is 29.6 Å². The molecule has 0 saturated heterocycles. The van der Waals surface area contributed by atoms with E-state index in [2.05, 4.69) is 20.4 Å². The molecule has 32 heavy (non-hydrogen) atoms. The molecule has 0 bridgehead atoms. The molecule has 1 N–H and O–H groups in total. The van der Waals surface area contributed by atoms with Crippen molar-refractivity contribution in [3.63, 3.8) is 0 Å². The van der Waals surface area contributed by atoms with Gasteiger partial charge in [0.05, 0.1) is 11.8 Å². The van der Waals surface area contributed by atoms with Gasteiger partial charge in [-0.05, 0) is 31.7 Å². The van der Waals surface area contributed by atoms with Crippen LogP contribution in [0.1, 0.15) is 56.2 Å². The zero-order chi connectivity index (χ0) is 21.7. The number of para-hydroxylation sites is 1. The molecule has 0 unspecified atom stereocenters. The fourth-order valence-corrected chi connectivity index (χ4v) is 4.70. The molecular weight excluding hydrogens is 408 g/mol. The molecule has 3 heterocycles. The largest absolute Gasteiger partial charge is 0.352 e. The minimum Gasteiger partial charge on any atom is -0.352 e. The van der Waals surface area contributed by atoms with Crippen LogP contribution in [0.3, 0.4) is 0 Å². The van der Waals surface area contributed by atoms with Crippen molar-refractivity contribution < 1.29 is 9.32 Å². The first-order valence-corrected chi connectivity index (χ1v) is 11.3. The number of hydrogen-bond acceptors (Lipinski definition) is 6. The normalized spacial score (nSPS) is 16.9. The maximum Gasteiger partial charge on any atom is 0.278 e. The highest BCUT2D eigenvalue weighted by atomic mass is 16.5. The molecule has 0 atom stereocenters. The third-order valence-corrected chi connectivity index (χ3v) is 6.49. The van der Waals surface area contributed by atoms with E-state index in [1.165, 1.54) is 10.9 Å². The van der Waals surface area contributed by atoms with Crippen LogP contribution >= 0.6 is 0 Å². The lowest BCUT2D eigenvalue weighted by atomic mass is 10.2. The number of fused-ring (bicyclic) bond motifs is 3. The molecule has 2 fully saturated rings. The van der Waals surface area contributed by atoms with Crippen LogP contribution in [0.15, 0.2) is 39.9 Å². The van der Waals surface area contributed by atoms with E-state index in [0.29, 0.717) is 28.7 Å². The average molecular weight is 432 g/mol. The van der Waals surface area contributed by atoms with Crippen molar-refractivity contribution in [3.05, 3.63) is 52.7 Å². The molecule has 1 aromatic carbocycles. The van der Waals surface area contributed by atoms with Gasteiger partial charge in [-0.2, -0.15) is 4.98 Å². The van der Waals surface area contributed by atoms with Gasteiger partial charge in [0.1, 0.15) is 24.1 Å². The first-order valence-electron chi connectivity index (χ1n) is 11.3. The van der Waals surface area contributed by atoms with Crippen LogP contribution in [0, 0.1) is 0 Å². The van der Waals surface area contributed by atoms with Gasteiger partial charge in [0.15, 0.2) is 5.82 Å². The van der Waals surface area contributed by atoms with Crippen molar-refractivity contribution in [1.29, 1.82) is 0 Å². The van der Waals surface area contributed by atoms with Gasteiger partial charge in [-0.3, -0.25) is 14.2 Å². The molecular formula is C23H24N6O3. The molecule has 164 valence electrons. The number of carbonyl (C=O) groups excluding carboxylic acids is 1. The van der Waals surface area contributed by atoms with E-state index in [1.54, 1.807) is 4.57 Å². The zero-order valence-corrected chi connectivity index (χ0v) is 17.7. The van der Waals surface area contributed by atoms with Crippen LogP contribution < -0.4 is 10.9 Å². The molecule has 1 amide bonds. The minimum atomic E-state index is -0.231. The predicted molar refractivity (Wildman–Crippen MR) is 117 cm³/mol. The van der Waals surface area contributed by atoms with Crippen molar-refractivity contribution >= 4 is 27.8 Å². The topological polar surface area (TPSA) is 108 Å². The quantitative estimate of drug-likeness (QED) is 0.502. The summed E-state index contributed by atoms with van der Waals surface area (Å²) < 4.78 is 8.60. The van der Waals surface area contributed by atoms with Crippen LogP contribution in [0.5, 0.6) is 0 Å². The second kappa shape index (κ2) is 7.58. The lowest BCUT2D eigenvalue weighted by molar-refractivity contribution is -0.122. The number of nitrogens with one attached hydrogen (secondary N) is 1. The van der Waals surface area contributed by atoms with Gasteiger partial charge in [0.25, 0.3) is 5.56 Å². The highest BCUT2D eigenvalue weighted by Crippen LogP contribution is 2.38. The Balaban J connectivity index is 1.39. The molecule has 0 aliphatic heterocycles. The van der Waals surface area contributed by atoms with E-state index in [-0.39, 0.29) is 30.6 Å². The van der Waals surface area contributed by atoms with E-state index in [0.717, 1.165) is 49.4 Å². The molecule has 0 spiro atoms. The van der Waals surface area contributed by atoms with Crippen molar-refractivity contribution in [2.24, 2.45) is 0 Å². The Morgan fingerprint density at radius 2 is 1.97 bits per heavy atom. The van der Waals surface area contributed by atoms with Crippen molar-refractivity contribution in [2.45, 2.75) is 63.6 Å². The molecule has 2 aliphatic rings.